The summed E-state index contributed by atoms with van der Waals surface area (Å²) in [5.74, 6) is -1.00. The molecule has 0 fully saturated rings. The van der Waals surface area contributed by atoms with Crippen molar-refractivity contribution in [2.75, 3.05) is 0 Å². The number of nitro groups is 1. The van der Waals surface area contributed by atoms with E-state index >= 15 is 0 Å². The van der Waals surface area contributed by atoms with Crippen LogP contribution in [-0.2, 0) is 6.67 Å². The van der Waals surface area contributed by atoms with E-state index in [0.717, 1.165) is 10.6 Å². The van der Waals surface area contributed by atoms with Gasteiger partial charge in [-0.25, -0.2) is 8.96 Å². The van der Waals surface area contributed by atoms with Crippen LogP contribution in [0, 0.1) is 17.0 Å². The van der Waals surface area contributed by atoms with Gasteiger partial charge in [-0.05, 0) is 12.5 Å². The molecular weight excluding hydrogens is 255 g/mol. The number of hydrogen-bond donors (Lipinski definition) is 2. The molecule has 0 bridgehead atoms. The second-order valence-electron chi connectivity index (χ2n) is 4.02. The molecule has 0 atom stereocenters. The van der Waals surface area contributed by atoms with Crippen molar-refractivity contribution in [1.82, 2.24) is 4.57 Å². The largest absolute Gasteiger partial charge is 0.494 e. The summed E-state index contributed by atoms with van der Waals surface area (Å²) in [5.41, 5.74) is 0.0738. The molecule has 0 spiro atoms. The quantitative estimate of drug-likeness (QED) is 0.660. The molecule has 0 unspecified atom stereocenters. The first-order valence-corrected chi connectivity index (χ1v) is 5.40. The van der Waals surface area contributed by atoms with Crippen LogP contribution in [-0.4, -0.2) is 19.7 Å². The lowest BCUT2D eigenvalue weighted by Crippen LogP contribution is -2.02. The van der Waals surface area contributed by atoms with Crippen LogP contribution >= 0.6 is 0 Å². The van der Waals surface area contributed by atoms with Crippen molar-refractivity contribution in [2.45, 2.75) is 13.6 Å². The summed E-state index contributed by atoms with van der Waals surface area (Å²) in [4.78, 5) is 10.4. The smallest absolute Gasteiger partial charge is 0.293 e. The highest BCUT2D eigenvalue weighted by Crippen LogP contribution is 2.37. The zero-order valence-corrected chi connectivity index (χ0v) is 10.00. The minimum atomic E-state index is -0.980. The molecule has 2 rings (SSSR count). The molecule has 0 saturated carbocycles. The van der Waals surface area contributed by atoms with Crippen molar-refractivity contribution in [1.29, 1.82) is 0 Å². The topological polar surface area (TPSA) is 88.5 Å². The maximum atomic E-state index is 12.6. The number of hydrogen-bond acceptors (Lipinski definition) is 4. The van der Waals surface area contributed by atoms with Crippen LogP contribution in [0.3, 0.4) is 0 Å². The molecule has 100 valence electrons. The average Bonchev–Trinajstić information content (AvgIpc) is 2.64. The molecule has 2 N–H and O–H groups in total. The lowest BCUT2D eigenvalue weighted by molar-refractivity contribution is -0.384. The Morgan fingerprint density at radius 3 is 2.63 bits per heavy atom. The highest BCUT2D eigenvalue weighted by atomic mass is 19.1. The molecule has 0 aliphatic carbocycles. The van der Waals surface area contributed by atoms with Crippen molar-refractivity contribution in [3.8, 4) is 17.4 Å². The van der Waals surface area contributed by atoms with Crippen LogP contribution in [0.1, 0.15) is 11.1 Å². The van der Waals surface area contributed by atoms with E-state index in [9.17, 15) is 24.7 Å². The second kappa shape index (κ2) is 4.60. The Kier molecular flexibility index (Phi) is 3.12. The van der Waals surface area contributed by atoms with E-state index in [1.54, 1.807) is 13.0 Å². The van der Waals surface area contributed by atoms with Gasteiger partial charge in [0.2, 0.25) is 5.88 Å². The van der Waals surface area contributed by atoms with Gasteiger partial charge in [0.05, 0.1) is 4.92 Å². The molecule has 0 aliphatic heterocycles. The van der Waals surface area contributed by atoms with E-state index in [1.807, 2.05) is 0 Å². The van der Waals surface area contributed by atoms with E-state index in [-0.39, 0.29) is 16.9 Å². The zero-order chi connectivity index (χ0) is 14.2. The minimum absolute atomic E-state index is 0.0159. The van der Waals surface area contributed by atoms with Crippen LogP contribution in [0.15, 0.2) is 24.3 Å². The summed E-state index contributed by atoms with van der Waals surface area (Å²) in [6.07, 6.45) is 0. The highest BCUT2D eigenvalue weighted by Gasteiger charge is 2.24. The molecule has 0 amide bonds. The zero-order valence-electron chi connectivity index (χ0n) is 10.00. The first-order chi connectivity index (χ1) is 8.97. The fourth-order valence-electron chi connectivity index (χ4n) is 1.94. The molecule has 0 radical (unpaired) electrons. The number of benzene rings is 1. The van der Waals surface area contributed by atoms with Crippen LogP contribution < -0.4 is 0 Å². The van der Waals surface area contributed by atoms with Crippen LogP contribution in [0.5, 0.6) is 11.8 Å². The van der Waals surface area contributed by atoms with Gasteiger partial charge in [-0.15, -0.1) is 0 Å². The number of rotatable bonds is 3. The Balaban J connectivity index is 2.79. The molecule has 7 heteroatoms. The third kappa shape index (κ3) is 1.99. The van der Waals surface area contributed by atoms with Crippen molar-refractivity contribution >= 4 is 5.69 Å². The number of halogens is 1. The van der Waals surface area contributed by atoms with Crippen molar-refractivity contribution < 1.29 is 19.5 Å². The minimum Gasteiger partial charge on any atom is -0.494 e. The fourth-order valence-corrected chi connectivity index (χ4v) is 1.94. The Hall–Kier alpha value is -2.57. The number of aromatic hydroxyl groups is 2. The molecule has 19 heavy (non-hydrogen) atoms. The summed E-state index contributed by atoms with van der Waals surface area (Å²) in [7, 11) is 0. The summed E-state index contributed by atoms with van der Waals surface area (Å²) >= 11 is 0. The number of alkyl halides is 1. The van der Waals surface area contributed by atoms with Gasteiger partial charge >= 0.3 is 0 Å². The van der Waals surface area contributed by atoms with Gasteiger partial charge in [0.1, 0.15) is 12.4 Å². The molecule has 2 aromatic rings. The van der Waals surface area contributed by atoms with Gasteiger partial charge in [0.15, 0.2) is 5.88 Å². The van der Waals surface area contributed by atoms with Gasteiger partial charge < -0.3 is 10.2 Å². The van der Waals surface area contributed by atoms with E-state index in [4.69, 9.17) is 0 Å². The second-order valence-corrected chi connectivity index (χ2v) is 4.02. The van der Waals surface area contributed by atoms with Crippen LogP contribution in [0.2, 0.25) is 0 Å². The number of nitrogens with zero attached hydrogens (tertiary/aromatic N) is 2. The third-order valence-electron chi connectivity index (χ3n) is 2.81. The summed E-state index contributed by atoms with van der Waals surface area (Å²) in [6.45, 7) is 0.613. The predicted molar refractivity (Wildman–Crippen MR) is 65.3 cm³/mol. The lowest BCUT2D eigenvalue weighted by atomic mass is 10.1. The van der Waals surface area contributed by atoms with Gasteiger partial charge in [0.25, 0.3) is 5.69 Å². The summed E-state index contributed by atoms with van der Waals surface area (Å²) < 4.78 is 13.5. The number of nitro benzene ring substituents is 1. The van der Waals surface area contributed by atoms with E-state index in [2.05, 4.69) is 0 Å². The monoisotopic (exact) mass is 266 g/mol. The maximum Gasteiger partial charge on any atom is 0.293 e. The lowest BCUT2D eigenvalue weighted by Gasteiger charge is -2.10. The van der Waals surface area contributed by atoms with Gasteiger partial charge in [-0.1, -0.05) is 12.1 Å². The molecule has 1 heterocycles. The van der Waals surface area contributed by atoms with Crippen LogP contribution in [0.4, 0.5) is 10.1 Å². The molecule has 0 saturated heterocycles. The Bertz CT molecular complexity index is 651. The predicted octanol–water partition coefficient (Wildman–Crippen LogP) is 2.57. The number of para-hydroxylation sites is 1. The van der Waals surface area contributed by atoms with E-state index in [1.165, 1.54) is 12.1 Å². The Labute approximate surface area is 107 Å². The standard InChI is InChI=1S/C12H11FN2O4/c1-7-3-2-4-9(15(18)19)11(7)14-10(16)5-8(6-13)12(14)17/h2-5,16-17H,6H2,1H3. The number of aryl methyl sites for hydroxylation is 1. The van der Waals surface area contributed by atoms with E-state index < -0.39 is 23.4 Å². The van der Waals surface area contributed by atoms with Gasteiger partial charge in [0, 0.05) is 17.7 Å². The average molecular weight is 266 g/mol. The Morgan fingerprint density at radius 1 is 1.42 bits per heavy atom. The molecular formula is C12H11FN2O4. The molecule has 1 aromatic heterocycles. The Morgan fingerprint density at radius 2 is 2.11 bits per heavy atom. The highest BCUT2D eigenvalue weighted by molar-refractivity contribution is 5.61. The molecule has 1 aromatic carbocycles. The molecule has 0 aliphatic rings. The van der Waals surface area contributed by atoms with Crippen molar-refractivity contribution in [3.05, 3.63) is 45.5 Å². The fraction of sp³-hybridized carbons (Fsp3) is 0.167. The van der Waals surface area contributed by atoms with Crippen LogP contribution in [0.25, 0.3) is 5.69 Å². The normalized spacial score (nSPS) is 10.6. The van der Waals surface area contributed by atoms with Gasteiger partial charge in [-0.2, -0.15) is 0 Å². The summed E-state index contributed by atoms with van der Waals surface area (Å²) in [6, 6.07) is 5.36. The first-order valence-electron chi connectivity index (χ1n) is 5.40. The van der Waals surface area contributed by atoms with E-state index in [0.29, 0.717) is 5.56 Å². The SMILES string of the molecule is Cc1cccc([N+](=O)[O-])c1-n1c(O)cc(CF)c1O. The van der Waals surface area contributed by atoms with Gasteiger partial charge in [-0.3, -0.25) is 10.1 Å². The number of aromatic nitrogens is 1. The summed E-state index contributed by atoms with van der Waals surface area (Å²) in [5, 5.41) is 30.6. The molecule has 6 nitrogen and oxygen atoms in total. The maximum absolute atomic E-state index is 12.6. The van der Waals surface area contributed by atoms with Crippen molar-refractivity contribution in [2.24, 2.45) is 0 Å². The van der Waals surface area contributed by atoms with Crippen molar-refractivity contribution in [3.63, 3.8) is 0 Å². The first kappa shape index (κ1) is 12.9. The third-order valence-corrected chi connectivity index (χ3v) is 2.81.